The predicted molar refractivity (Wildman–Crippen MR) is 104 cm³/mol. The number of carbonyl (C=O) groups excluding carboxylic acids is 2. The summed E-state index contributed by atoms with van der Waals surface area (Å²) >= 11 is 0. The van der Waals surface area contributed by atoms with Crippen molar-refractivity contribution < 1.29 is 19.1 Å². The second-order valence-corrected chi connectivity index (χ2v) is 6.55. The van der Waals surface area contributed by atoms with Gasteiger partial charge < -0.3 is 14.8 Å². The Morgan fingerprint density at radius 1 is 0.923 bits per heavy atom. The second-order valence-electron chi connectivity index (χ2n) is 6.55. The van der Waals surface area contributed by atoms with Crippen LogP contribution in [-0.2, 0) is 16.1 Å². The van der Waals surface area contributed by atoms with Crippen LogP contribution in [0.15, 0.2) is 18.2 Å². The van der Waals surface area contributed by atoms with Crippen molar-refractivity contribution in [1.82, 2.24) is 5.32 Å². The van der Waals surface area contributed by atoms with Gasteiger partial charge in [0.15, 0.2) is 11.5 Å². The Morgan fingerprint density at radius 3 is 2.23 bits per heavy atom. The Labute approximate surface area is 157 Å². The molecule has 1 aromatic rings. The lowest BCUT2D eigenvalue weighted by atomic mass is 10.1. The molecule has 0 atom stereocenters. The summed E-state index contributed by atoms with van der Waals surface area (Å²) in [6, 6.07) is 5.48. The predicted octanol–water partition coefficient (Wildman–Crippen LogP) is 4.42. The summed E-state index contributed by atoms with van der Waals surface area (Å²) in [5, 5.41) is 2.79. The van der Waals surface area contributed by atoms with Gasteiger partial charge in [-0.05, 0) is 24.1 Å². The molecule has 5 heteroatoms. The summed E-state index contributed by atoms with van der Waals surface area (Å²) in [4.78, 5) is 23.8. The highest BCUT2D eigenvalue weighted by molar-refractivity contribution is 5.97. The topological polar surface area (TPSA) is 64.6 Å². The molecule has 0 aliphatic rings. The molecule has 0 aromatic heterocycles. The molecule has 0 spiro atoms. The highest BCUT2D eigenvalue weighted by Crippen LogP contribution is 2.27. The number of unbranched alkanes of at least 4 members (excludes halogenated alkanes) is 6. The molecule has 0 aliphatic carbocycles. The molecule has 1 N–H and O–H groups in total. The summed E-state index contributed by atoms with van der Waals surface area (Å²) in [5.74, 6) is 1.05. The number of carbonyl (C=O) groups is 2. The molecule has 0 aliphatic heterocycles. The minimum atomic E-state index is -0.229. The Balaban J connectivity index is 2.22. The van der Waals surface area contributed by atoms with Crippen molar-refractivity contribution >= 4 is 11.7 Å². The largest absolute Gasteiger partial charge is 0.493 e. The molecule has 0 heterocycles. The van der Waals surface area contributed by atoms with E-state index in [9.17, 15) is 9.59 Å². The van der Waals surface area contributed by atoms with Crippen LogP contribution in [0.2, 0.25) is 0 Å². The van der Waals surface area contributed by atoms with E-state index in [-0.39, 0.29) is 18.1 Å². The molecule has 5 nitrogen and oxygen atoms in total. The zero-order chi connectivity index (χ0) is 19.2. The number of amides is 1. The van der Waals surface area contributed by atoms with Crippen LogP contribution in [0.1, 0.15) is 70.3 Å². The molecule has 0 saturated heterocycles. The highest BCUT2D eigenvalue weighted by Gasteiger charge is 2.10. The van der Waals surface area contributed by atoms with Crippen LogP contribution in [0.25, 0.3) is 0 Å². The quantitative estimate of drug-likeness (QED) is 0.392. The normalized spacial score (nSPS) is 10.4. The van der Waals surface area contributed by atoms with E-state index in [1.54, 1.807) is 20.3 Å². The minimum Gasteiger partial charge on any atom is -0.493 e. The Hall–Kier alpha value is -2.04. The third-order valence-corrected chi connectivity index (χ3v) is 4.35. The van der Waals surface area contributed by atoms with Crippen LogP contribution >= 0.6 is 0 Å². The first-order chi connectivity index (χ1) is 12.6. The number of nitrogens with one attached hydrogen (secondary N) is 1. The van der Waals surface area contributed by atoms with Crippen molar-refractivity contribution in [1.29, 1.82) is 0 Å². The minimum absolute atomic E-state index is 0.0170. The maximum absolute atomic E-state index is 11.9. The van der Waals surface area contributed by atoms with Gasteiger partial charge in [0.05, 0.1) is 20.6 Å². The zero-order valence-corrected chi connectivity index (χ0v) is 16.4. The number of hydrogen-bond acceptors (Lipinski definition) is 4. The van der Waals surface area contributed by atoms with Gasteiger partial charge in [0, 0.05) is 13.0 Å². The SMILES string of the molecule is CCCCCCCCCC(=O)CC(=O)NCc1ccc(OC)c(OC)c1. The van der Waals surface area contributed by atoms with Gasteiger partial charge in [0.25, 0.3) is 0 Å². The number of hydrogen-bond donors (Lipinski definition) is 1. The number of ketones is 1. The van der Waals surface area contributed by atoms with Crippen molar-refractivity contribution in [3.8, 4) is 11.5 Å². The lowest BCUT2D eigenvalue weighted by molar-refractivity contribution is -0.128. The van der Waals surface area contributed by atoms with E-state index < -0.39 is 0 Å². The molecule has 1 aromatic carbocycles. The van der Waals surface area contributed by atoms with Gasteiger partial charge in [0.2, 0.25) is 5.91 Å². The van der Waals surface area contributed by atoms with Crippen molar-refractivity contribution in [3.63, 3.8) is 0 Å². The van der Waals surface area contributed by atoms with Crippen molar-refractivity contribution in [3.05, 3.63) is 23.8 Å². The number of rotatable bonds is 14. The van der Waals surface area contributed by atoms with Gasteiger partial charge in [0.1, 0.15) is 5.78 Å². The van der Waals surface area contributed by atoms with Gasteiger partial charge in [-0.1, -0.05) is 51.5 Å². The van der Waals surface area contributed by atoms with Crippen LogP contribution in [0, 0.1) is 0 Å². The first-order valence-corrected chi connectivity index (χ1v) is 9.60. The first kappa shape index (κ1) is 22.0. The monoisotopic (exact) mass is 363 g/mol. The van der Waals surface area contributed by atoms with E-state index in [0.29, 0.717) is 24.5 Å². The third-order valence-electron chi connectivity index (χ3n) is 4.35. The maximum atomic E-state index is 11.9. The van der Waals surface area contributed by atoms with E-state index in [1.807, 2.05) is 12.1 Å². The molecule has 1 rings (SSSR count). The summed E-state index contributed by atoms with van der Waals surface area (Å²) in [5.41, 5.74) is 0.899. The lowest BCUT2D eigenvalue weighted by Gasteiger charge is -2.10. The lowest BCUT2D eigenvalue weighted by Crippen LogP contribution is -2.25. The zero-order valence-electron chi connectivity index (χ0n) is 16.4. The smallest absolute Gasteiger partial charge is 0.227 e. The number of Topliss-reactive ketones (excluding diaryl/α,β-unsaturated/α-hetero) is 1. The molecule has 0 saturated carbocycles. The summed E-state index contributed by atoms with van der Waals surface area (Å²) in [7, 11) is 3.15. The van der Waals surface area contributed by atoms with E-state index in [1.165, 1.54) is 32.1 Å². The molecule has 0 unspecified atom stereocenters. The number of benzene rings is 1. The van der Waals surface area contributed by atoms with Crippen molar-refractivity contribution in [2.24, 2.45) is 0 Å². The number of methoxy groups -OCH3 is 2. The van der Waals surface area contributed by atoms with E-state index in [4.69, 9.17) is 9.47 Å². The van der Waals surface area contributed by atoms with E-state index in [2.05, 4.69) is 12.2 Å². The Morgan fingerprint density at radius 2 is 1.58 bits per heavy atom. The average Bonchev–Trinajstić information content (AvgIpc) is 2.65. The molecule has 0 radical (unpaired) electrons. The van der Waals surface area contributed by atoms with Crippen LogP contribution < -0.4 is 14.8 Å². The summed E-state index contributed by atoms with van der Waals surface area (Å²) in [6.07, 6.45) is 8.66. The third kappa shape index (κ3) is 8.88. The molecular formula is C21H33NO4. The van der Waals surface area contributed by atoms with Gasteiger partial charge in [-0.25, -0.2) is 0 Å². The molecule has 0 bridgehead atoms. The van der Waals surface area contributed by atoms with E-state index in [0.717, 1.165) is 18.4 Å². The van der Waals surface area contributed by atoms with Gasteiger partial charge in [-0.3, -0.25) is 9.59 Å². The van der Waals surface area contributed by atoms with Gasteiger partial charge in [-0.2, -0.15) is 0 Å². The molecule has 26 heavy (non-hydrogen) atoms. The Bertz CT molecular complexity index is 557. The molecular weight excluding hydrogens is 330 g/mol. The highest BCUT2D eigenvalue weighted by atomic mass is 16.5. The maximum Gasteiger partial charge on any atom is 0.227 e. The number of ether oxygens (including phenoxy) is 2. The second kappa shape index (κ2) is 13.2. The van der Waals surface area contributed by atoms with Gasteiger partial charge in [-0.15, -0.1) is 0 Å². The fraction of sp³-hybridized carbons (Fsp3) is 0.619. The fourth-order valence-corrected chi connectivity index (χ4v) is 2.80. The fourth-order valence-electron chi connectivity index (χ4n) is 2.80. The molecule has 1 amide bonds. The molecule has 0 fully saturated rings. The van der Waals surface area contributed by atoms with Crippen LogP contribution in [0.5, 0.6) is 11.5 Å². The van der Waals surface area contributed by atoms with Crippen molar-refractivity contribution in [2.45, 2.75) is 71.3 Å². The van der Waals surface area contributed by atoms with E-state index >= 15 is 0 Å². The van der Waals surface area contributed by atoms with Crippen LogP contribution in [-0.4, -0.2) is 25.9 Å². The van der Waals surface area contributed by atoms with Crippen molar-refractivity contribution in [2.75, 3.05) is 14.2 Å². The van der Waals surface area contributed by atoms with Gasteiger partial charge >= 0.3 is 0 Å². The summed E-state index contributed by atoms with van der Waals surface area (Å²) in [6.45, 7) is 2.57. The standard InChI is InChI=1S/C21H33NO4/c1-4-5-6-7-8-9-10-11-18(23)15-21(24)22-16-17-12-13-19(25-2)20(14-17)26-3/h12-14H,4-11,15-16H2,1-3H3,(H,22,24). The average molecular weight is 363 g/mol. The molecule has 146 valence electrons. The van der Waals surface area contributed by atoms with Crippen LogP contribution in [0.3, 0.4) is 0 Å². The first-order valence-electron chi connectivity index (χ1n) is 9.60. The summed E-state index contributed by atoms with van der Waals surface area (Å²) < 4.78 is 10.4. The Kier molecular flexibility index (Phi) is 11.2. The van der Waals surface area contributed by atoms with Crippen LogP contribution in [0.4, 0.5) is 0 Å².